The van der Waals surface area contributed by atoms with Crippen molar-refractivity contribution in [3.63, 3.8) is 0 Å². The zero-order valence-corrected chi connectivity index (χ0v) is 12.0. The summed E-state index contributed by atoms with van der Waals surface area (Å²) in [7, 11) is 0. The van der Waals surface area contributed by atoms with Gasteiger partial charge in [-0.2, -0.15) is 0 Å². The van der Waals surface area contributed by atoms with Gasteiger partial charge in [-0.15, -0.1) is 0 Å². The molecule has 0 aliphatic heterocycles. The van der Waals surface area contributed by atoms with E-state index in [9.17, 15) is 9.50 Å². The van der Waals surface area contributed by atoms with Crippen LogP contribution >= 0.6 is 0 Å². The number of phenols is 1. The van der Waals surface area contributed by atoms with Crippen LogP contribution in [0.4, 0.5) is 4.39 Å². The maximum absolute atomic E-state index is 13.4. The molecule has 2 aromatic rings. The van der Waals surface area contributed by atoms with Crippen LogP contribution in [-0.2, 0) is 0 Å². The average molecular weight is 289 g/mol. The molecule has 3 unspecified atom stereocenters. The van der Waals surface area contributed by atoms with Gasteiger partial charge in [-0.05, 0) is 44.4 Å². The van der Waals surface area contributed by atoms with Crippen molar-refractivity contribution in [2.75, 3.05) is 0 Å². The lowest BCUT2D eigenvalue weighted by atomic mass is 10.0. The maximum atomic E-state index is 13.4. The third kappa shape index (κ3) is 2.93. The second-order valence-corrected chi connectivity index (χ2v) is 5.71. The number of rotatable bonds is 4. The van der Waals surface area contributed by atoms with Crippen LogP contribution in [0.1, 0.15) is 43.8 Å². The van der Waals surface area contributed by atoms with Crippen molar-refractivity contribution in [3.8, 4) is 5.75 Å². The zero-order valence-electron chi connectivity index (χ0n) is 12.0. The monoisotopic (exact) mass is 289 g/mol. The largest absolute Gasteiger partial charge is 0.508 e. The van der Waals surface area contributed by atoms with Crippen LogP contribution < -0.4 is 5.32 Å². The molecule has 0 amide bonds. The minimum absolute atomic E-state index is 0.102. The molecule has 4 nitrogen and oxygen atoms in total. The number of nitrogens with one attached hydrogen (secondary N) is 1. The van der Waals surface area contributed by atoms with Gasteiger partial charge in [-0.1, -0.05) is 0 Å². The molecule has 1 aromatic carbocycles. The van der Waals surface area contributed by atoms with Gasteiger partial charge in [0.05, 0.1) is 6.33 Å². The number of hydrogen-bond donors (Lipinski definition) is 2. The Labute approximate surface area is 123 Å². The molecule has 0 spiro atoms. The molecule has 3 rings (SSSR count). The summed E-state index contributed by atoms with van der Waals surface area (Å²) in [5.74, 6) is -0.192. The molecular weight excluding hydrogens is 269 g/mol. The number of aromatic hydroxyl groups is 1. The van der Waals surface area contributed by atoms with Crippen molar-refractivity contribution in [2.45, 2.75) is 44.3 Å². The van der Waals surface area contributed by atoms with E-state index < -0.39 is 0 Å². The maximum Gasteiger partial charge on any atom is 0.123 e. The number of hydrogen-bond acceptors (Lipinski definition) is 3. The van der Waals surface area contributed by atoms with Crippen LogP contribution in [0.3, 0.4) is 0 Å². The standard InChI is InChI=1S/C16H20FN3O/c1-11(13-9-12(17)5-6-16(13)21)19-14-3-2-4-15(14)20-8-7-18-10-20/h5-11,14-15,19,21H,2-4H2,1H3. The van der Waals surface area contributed by atoms with Crippen LogP contribution in [0.5, 0.6) is 5.75 Å². The highest BCUT2D eigenvalue weighted by molar-refractivity contribution is 5.35. The minimum Gasteiger partial charge on any atom is -0.508 e. The quantitative estimate of drug-likeness (QED) is 0.909. The highest BCUT2D eigenvalue weighted by Crippen LogP contribution is 2.33. The molecule has 1 aromatic heterocycles. The Morgan fingerprint density at radius 1 is 1.43 bits per heavy atom. The Kier molecular flexibility index (Phi) is 3.92. The van der Waals surface area contributed by atoms with Crippen molar-refractivity contribution in [2.24, 2.45) is 0 Å². The Hall–Kier alpha value is -1.88. The van der Waals surface area contributed by atoms with E-state index in [1.807, 2.05) is 19.4 Å². The van der Waals surface area contributed by atoms with Gasteiger partial charge < -0.3 is 15.0 Å². The summed E-state index contributed by atoms with van der Waals surface area (Å²) < 4.78 is 15.5. The van der Waals surface area contributed by atoms with Gasteiger partial charge in [-0.25, -0.2) is 9.37 Å². The molecule has 1 fully saturated rings. The van der Waals surface area contributed by atoms with Gasteiger partial charge >= 0.3 is 0 Å². The molecule has 1 heterocycles. The second kappa shape index (κ2) is 5.85. The summed E-state index contributed by atoms with van der Waals surface area (Å²) in [6.07, 6.45) is 8.95. The Morgan fingerprint density at radius 2 is 2.29 bits per heavy atom. The van der Waals surface area contributed by atoms with E-state index in [0.717, 1.165) is 19.3 Å². The van der Waals surface area contributed by atoms with E-state index in [4.69, 9.17) is 0 Å². The van der Waals surface area contributed by atoms with E-state index in [1.54, 1.807) is 6.20 Å². The van der Waals surface area contributed by atoms with Gasteiger partial charge in [0.2, 0.25) is 0 Å². The predicted molar refractivity (Wildman–Crippen MR) is 78.5 cm³/mol. The van der Waals surface area contributed by atoms with E-state index >= 15 is 0 Å². The molecule has 0 bridgehead atoms. The lowest BCUT2D eigenvalue weighted by Crippen LogP contribution is -2.35. The van der Waals surface area contributed by atoms with E-state index in [0.29, 0.717) is 17.6 Å². The predicted octanol–water partition coefficient (Wildman–Crippen LogP) is 3.17. The van der Waals surface area contributed by atoms with Crippen LogP contribution in [0, 0.1) is 5.82 Å². The first kappa shape index (κ1) is 14.1. The third-order valence-corrected chi connectivity index (χ3v) is 4.31. The number of halogens is 1. The third-order valence-electron chi connectivity index (χ3n) is 4.31. The molecule has 0 radical (unpaired) electrons. The van der Waals surface area contributed by atoms with Crippen molar-refractivity contribution >= 4 is 0 Å². The molecule has 3 atom stereocenters. The molecule has 0 saturated heterocycles. The van der Waals surface area contributed by atoms with Gasteiger partial charge in [-0.3, -0.25) is 0 Å². The Bertz CT molecular complexity index is 600. The number of imidazole rings is 1. The van der Waals surface area contributed by atoms with Gasteiger partial charge in [0.15, 0.2) is 0 Å². The first-order valence-electron chi connectivity index (χ1n) is 7.37. The number of nitrogens with zero attached hydrogens (tertiary/aromatic N) is 2. The number of phenolic OH excluding ortho intramolecular Hbond substituents is 1. The van der Waals surface area contributed by atoms with Crippen molar-refractivity contribution in [1.29, 1.82) is 0 Å². The minimum atomic E-state index is -0.325. The summed E-state index contributed by atoms with van der Waals surface area (Å²) in [6, 6.07) is 4.64. The summed E-state index contributed by atoms with van der Waals surface area (Å²) in [5.41, 5.74) is 0.603. The van der Waals surface area contributed by atoms with E-state index in [-0.39, 0.29) is 17.6 Å². The van der Waals surface area contributed by atoms with Crippen LogP contribution in [0.25, 0.3) is 0 Å². The number of benzene rings is 1. The smallest absolute Gasteiger partial charge is 0.123 e. The highest BCUT2D eigenvalue weighted by Gasteiger charge is 2.29. The SMILES string of the molecule is CC(NC1CCCC1n1ccnc1)c1cc(F)ccc1O. The Morgan fingerprint density at radius 3 is 3.05 bits per heavy atom. The summed E-state index contributed by atoms with van der Waals surface area (Å²) in [6.45, 7) is 1.96. The normalized spacial score (nSPS) is 23.3. The van der Waals surface area contributed by atoms with E-state index in [2.05, 4.69) is 14.9 Å². The fraction of sp³-hybridized carbons (Fsp3) is 0.438. The molecule has 5 heteroatoms. The first-order valence-corrected chi connectivity index (χ1v) is 7.37. The van der Waals surface area contributed by atoms with Crippen LogP contribution in [0.2, 0.25) is 0 Å². The summed E-state index contributed by atoms with van der Waals surface area (Å²) in [4.78, 5) is 4.11. The van der Waals surface area contributed by atoms with Crippen molar-refractivity contribution in [1.82, 2.24) is 14.9 Å². The van der Waals surface area contributed by atoms with Crippen molar-refractivity contribution < 1.29 is 9.50 Å². The topological polar surface area (TPSA) is 50.1 Å². The lowest BCUT2D eigenvalue weighted by Gasteiger charge is -2.26. The fourth-order valence-corrected chi connectivity index (χ4v) is 3.24. The van der Waals surface area contributed by atoms with Crippen molar-refractivity contribution in [3.05, 3.63) is 48.3 Å². The van der Waals surface area contributed by atoms with Gasteiger partial charge in [0.25, 0.3) is 0 Å². The molecule has 1 aliphatic carbocycles. The van der Waals surface area contributed by atoms with E-state index in [1.165, 1.54) is 18.2 Å². The second-order valence-electron chi connectivity index (χ2n) is 5.71. The molecular formula is C16H20FN3O. The highest BCUT2D eigenvalue weighted by atomic mass is 19.1. The van der Waals surface area contributed by atoms with Gasteiger partial charge in [0.1, 0.15) is 11.6 Å². The Balaban J connectivity index is 1.74. The number of aromatic nitrogens is 2. The zero-order chi connectivity index (χ0) is 14.8. The molecule has 1 aliphatic rings. The van der Waals surface area contributed by atoms with Crippen LogP contribution in [-0.4, -0.2) is 20.7 Å². The average Bonchev–Trinajstić information content (AvgIpc) is 3.11. The molecule has 2 N–H and O–H groups in total. The molecule has 1 saturated carbocycles. The molecule has 21 heavy (non-hydrogen) atoms. The lowest BCUT2D eigenvalue weighted by molar-refractivity contribution is 0.356. The first-order chi connectivity index (χ1) is 10.1. The fourth-order valence-electron chi connectivity index (χ4n) is 3.24. The van der Waals surface area contributed by atoms with Crippen LogP contribution in [0.15, 0.2) is 36.9 Å². The van der Waals surface area contributed by atoms with Gasteiger partial charge in [0, 0.05) is 36.1 Å². The summed E-state index contributed by atoms with van der Waals surface area (Å²) in [5, 5.41) is 13.4. The molecule has 112 valence electrons. The summed E-state index contributed by atoms with van der Waals surface area (Å²) >= 11 is 0.